The summed E-state index contributed by atoms with van der Waals surface area (Å²) in [5.41, 5.74) is 4.72. The van der Waals surface area contributed by atoms with Crippen LogP contribution in [0, 0.1) is 0 Å². The zero-order chi connectivity index (χ0) is 10.3. The van der Waals surface area contributed by atoms with E-state index in [1.807, 2.05) is 0 Å². The highest BCUT2D eigenvalue weighted by Crippen LogP contribution is 2.44. The first kappa shape index (κ1) is 9.73. The van der Waals surface area contributed by atoms with Crippen molar-refractivity contribution in [1.82, 2.24) is 0 Å². The van der Waals surface area contributed by atoms with Gasteiger partial charge in [-0.25, -0.2) is 0 Å². The van der Waals surface area contributed by atoms with Crippen molar-refractivity contribution in [3.63, 3.8) is 0 Å². The largest absolute Gasteiger partial charge is 0.480 e. The number of rotatable bonds is 2. The van der Waals surface area contributed by atoms with Crippen molar-refractivity contribution in [3.05, 3.63) is 22.6 Å². The van der Waals surface area contributed by atoms with Gasteiger partial charge in [0.2, 0.25) is 0 Å². The maximum atomic E-state index is 11.1. The summed E-state index contributed by atoms with van der Waals surface area (Å²) in [4.78, 5) is 11.1. The van der Waals surface area contributed by atoms with Crippen molar-refractivity contribution in [1.29, 1.82) is 0 Å². The predicted molar refractivity (Wildman–Crippen MR) is 52.9 cm³/mol. The number of aliphatic carboxylic acids is 1. The van der Waals surface area contributed by atoms with E-state index in [4.69, 9.17) is 15.3 Å². The molecule has 1 saturated carbocycles. The molecule has 3 N–H and O–H groups in total. The highest BCUT2D eigenvalue weighted by molar-refractivity contribution is 9.10. The molecular weight excluding hydrogens is 250 g/mol. The Labute approximate surface area is 89.2 Å². The molecule has 0 unspecified atom stereocenters. The van der Waals surface area contributed by atoms with E-state index in [0.29, 0.717) is 18.6 Å². The summed E-state index contributed by atoms with van der Waals surface area (Å²) < 4.78 is 5.96. The van der Waals surface area contributed by atoms with E-state index < -0.39 is 11.4 Å². The van der Waals surface area contributed by atoms with Crippen LogP contribution in [0.4, 0.5) is 0 Å². The van der Waals surface area contributed by atoms with E-state index in [1.165, 1.54) is 6.26 Å². The van der Waals surface area contributed by atoms with Gasteiger partial charge in [0.25, 0.3) is 0 Å². The van der Waals surface area contributed by atoms with Crippen LogP contribution in [0.2, 0.25) is 0 Å². The molecule has 0 spiro atoms. The van der Waals surface area contributed by atoms with Crippen LogP contribution >= 0.6 is 15.9 Å². The molecule has 1 aromatic rings. The number of halogens is 1. The van der Waals surface area contributed by atoms with Crippen molar-refractivity contribution in [2.45, 2.75) is 24.3 Å². The van der Waals surface area contributed by atoms with Crippen LogP contribution in [-0.4, -0.2) is 17.1 Å². The molecule has 0 bridgehead atoms. The molecule has 0 atom stereocenters. The lowest BCUT2D eigenvalue weighted by Crippen LogP contribution is -2.53. The summed E-state index contributed by atoms with van der Waals surface area (Å²) in [6, 6.07) is 1.66. The van der Waals surface area contributed by atoms with Gasteiger partial charge >= 0.3 is 5.97 Å². The van der Waals surface area contributed by atoms with Crippen molar-refractivity contribution in [3.8, 4) is 0 Å². The molecule has 5 heteroatoms. The molecule has 1 fully saturated rings. The number of hydrogen-bond donors (Lipinski definition) is 2. The van der Waals surface area contributed by atoms with E-state index in [1.54, 1.807) is 6.07 Å². The second kappa shape index (κ2) is 3.10. The Kier molecular flexibility index (Phi) is 2.16. The minimum atomic E-state index is -0.897. The maximum absolute atomic E-state index is 11.1. The van der Waals surface area contributed by atoms with E-state index in [9.17, 15) is 4.79 Å². The van der Waals surface area contributed by atoms with Crippen LogP contribution in [0.25, 0.3) is 0 Å². The predicted octanol–water partition coefficient (Wildman–Crippen LogP) is 1.49. The van der Waals surface area contributed by atoms with Crippen molar-refractivity contribution >= 4 is 21.9 Å². The highest BCUT2D eigenvalue weighted by atomic mass is 79.9. The fourth-order valence-corrected chi connectivity index (χ4v) is 2.18. The first-order valence-electron chi connectivity index (χ1n) is 4.28. The third-order valence-corrected chi connectivity index (χ3v) is 3.09. The SMILES string of the molecule is NC1CC(C(=O)O)(c2cc(Br)co2)C1. The molecule has 0 aliphatic heterocycles. The summed E-state index contributed by atoms with van der Waals surface area (Å²) in [5.74, 6) is -0.375. The van der Waals surface area contributed by atoms with Gasteiger partial charge in [-0.15, -0.1) is 0 Å². The highest BCUT2D eigenvalue weighted by Gasteiger charge is 2.52. The average Bonchev–Trinajstić information content (AvgIpc) is 2.45. The van der Waals surface area contributed by atoms with Crippen LogP contribution in [0.15, 0.2) is 21.2 Å². The molecule has 76 valence electrons. The molecule has 0 aromatic carbocycles. The van der Waals surface area contributed by atoms with Gasteiger partial charge < -0.3 is 15.3 Å². The van der Waals surface area contributed by atoms with Crippen LogP contribution in [0.1, 0.15) is 18.6 Å². The minimum absolute atomic E-state index is 0.0324. The summed E-state index contributed by atoms with van der Waals surface area (Å²) in [6.07, 6.45) is 2.38. The van der Waals surface area contributed by atoms with Gasteiger partial charge in [-0.3, -0.25) is 4.79 Å². The average molecular weight is 260 g/mol. The third-order valence-electron chi connectivity index (χ3n) is 2.67. The van der Waals surface area contributed by atoms with Gasteiger partial charge in [0.05, 0.1) is 4.47 Å². The Hall–Kier alpha value is -0.810. The molecule has 4 nitrogen and oxygen atoms in total. The summed E-state index contributed by atoms with van der Waals surface area (Å²) in [5, 5.41) is 9.13. The lowest BCUT2D eigenvalue weighted by Gasteiger charge is -2.40. The molecule has 1 aliphatic carbocycles. The zero-order valence-electron chi connectivity index (χ0n) is 7.37. The van der Waals surface area contributed by atoms with Crippen molar-refractivity contribution in [2.75, 3.05) is 0 Å². The summed E-state index contributed by atoms with van der Waals surface area (Å²) in [6.45, 7) is 0. The standard InChI is InChI=1S/C9H10BrNO3/c10-5-1-7(14-4-5)9(8(12)13)2-6(11)3-9/h1,4,6H,2-3,11H2,(H,12,13). The normalized spacial score (nSPS) is 31.1. The Morgan fingerprint density at radius 1 is 1.71 bits per heavy atom. The molecule has 0 amide bonds. The Bertz CT molecular complexity index is 368. The van der Waals surface area contributed by atoms with E-state index in [2.05, 4.69) is 15.9 Å². The molecule has 2 rings (SSSR count). The summed E-state index contributed by atoms with van der Waals surface area (Å²) in [7, 11) is 0. The minimum Gasteiger partial charge on any atom is -0.480 e. The van der Waals surface area contributed by atoms with E-state index >= 15 is 0 Å². The molecule has 0 saturated heterocycles. The molecule has 0 radical (unpaired) electrons. The second-order valence-electron chi connectivity index (χ2n) is 3.68. The molecule has 1 aliphatic rings. The smallest absolute Gasteiger partial charge is 0.317 e. The Morgan fingerprint density at radius 2 is 2.36 bits per heavy atom. The first-order chi connectivity index (χ1) is 6.54. The number of carboxylic acids is 1. The molecule has 14 heavy (non-hydrogen) atoms. The van der Waals surface area contributed by atoms with Gasteiger partial charge in [-0.2, -0.15) is 0 Å². The Balaban J connectivity index is 2.34. The third kappa shape index (κ3) is 1.27. The maximum Gasteiger partial charge on any atom is 0.317 e. The van der Waals surface area contributed by atoms with Crippen LogP contribution in [-0.2, 0) is 10.2 Å². The van der Waals surface area contributed by atoms with Gasteiger partial charge in [-0.05, 0) is 34.8 Å². The molecule has 1 aromatic heterocycles. The van der Waals surface area contributed by atoms with Gasteiger partial charge in [0.1, 0.15) is 17.4 Å². The molecular formula is C9H10BrNO3. The van der Waals surface area contributed by atoms with Crippen molar-refractivity contribution in [2.24, 2.45) is 5.73 Å². The van der Waals surface area contributed by atoms with Gasteiger partial charge in [0, 0.05) is 6.04 Å². The monoisotopic (exact) mass is 259 g/mol. The molecule has 1 heterocycles. The second-order valence-corrected chi connectivity index (χ2v) is 4.60. The lowest BCUT2D eigenvalue weighted by molar-refractivity contribution is -0.149. The van der Waals surface area contributed by atoms with E-state index in [-0.39, 0.29) is 6.04 Å². The zero-order valence-corrected chi connectivity index (χ0v) is 8.95. The van der Waals surface area contributed by atoms with Gasteiger partial charge in [-0.1, -0.05) is 0 Å². The quantitative estimate of drug-likeness (QED) is 0.844. The number of nitrogens with two attached hydrogens (primary N) is 1. The van der Waals surface area contributed by atoms with E-state index in [0.717, 1.165) is 4.47 Å². The first-order valence-corrected chi connectivity index (χ1v) is 5.07. The van der Waals surface area contributed by atoms with Crippen LogP contribution in [0.3, 0.4) is 0 Å². The Morgan fingerprint density at radius 3 is 2.71 bits per heavy atom. The van der Waals surface area contributed by atoms with Crippen LogP contribution in [0.5, 0.6) is 0 Å². The van der Waals surface area contributed by atoms with Gasteiger partial charge in [0.15, 0.2) is 0 Å². The number of carboxylic acid groups (broad SMARTS) is 1. The van der Waals surface area contributed by atoms with Crippen LogP contribution < -0.4 is 5.73 Å². The number of carbonyl (C=O) groups is 1. The topological polar surface area (TPSA) is 76.5 Å². The fraction of sp³-hybridized carbons (Fsp3) is 0.444. The number of hydrogen-bond acceptors (Lipinski definition) is 3. The van der Waals surface area contributed by atoms with Crippen molar-refractivity contribution < 1.29 is 14.3 Å². The fourth-order valence-electron chi connectivity index (χ4n) is 1.88. The lowest BCUT2D eigenvalue weighted by atomic mass is 9.64. The summed E-state index contributed by atoms with van der Waals surface area (Å²) >= 11 is 3.22. The number of furan rings is 1.